The summed E-state index contributed by atoms with van der Waals surface area (Å²) in [5.41, 5.74) is -0.522. The smallest absolute Gasteiger partial charge is 1.00 e. The van der Waals surface area contributed by atoms with E-state index in [9.17, 15) is 9.59 Å². The molecule has 10 nitrogen and oxygen atoms in total. The van der Waals surface area contributed by atoms with Crippen LogP contribution >= 0.6 is 15.9 Å². The second-order valence-corrected chi connectivity index (χ2v) is 6.39. The van der Waals surface area contributed by atoms with Gasteiger partial charge < -0.3 is 10.9 Å². The Kier molecular flexibility index (Phi) is 51.6. The van der Waals surface area contributed by atoms with Crippen LogP contribution in [0.2, 0.25) is 0 Å². The molecule has 0 bridgehead atoms. The van der Waals surface area contributed by atoms with Crippen LogP contribution in [0.1, 0.15) is 75.1 Å². The number of rotatable bonds is 9. The molecule has 0 aromatic heterocycles. The summed E-state index contributed by atoms with van der Waals surface area (Å²) in [5, 5.41) is 17.5. The van der Waals surface area contributed by atoms with Crippen molar-refractivity contribution in [3.05, 3.63) is 0 Å². The average molecular weight is 559 g/mol. The number of carbonyl (C=O) groups is 2. The van der Waals surface area contributed by atoms with Crippen LogP contribution in [0, 0.1) is 34.0 Å². The van der Waals surface area contributed by atoms with Gasteiger partial charge in [-0.3, -0.25) is 9.59 Å². The second kappa shape index (κ2) is 38.4. The molecule has 0 radical (unpaired) electrons. The first-order valence-corrected chi connectivity index (χ1v) is 11.4. The summed E-state index contributed by atoms with van der Waals surface area (Å²) in [7, 11) is 0. The predicted molar refractivity (Wildman–Crippen MR) is 121 cm³/mol. The van der Waals surface area contributed by atoms with Gasteiger partial charge in [-0.15, -0.1) is 0 Å². The minimum absolute atomic E-state index is 0. The van der Waals surface area contributed by atoms with Crippen molar-refractivity contribution >= 4 is 40.2 Å². The van der Waals surface area contributed by atoms with Crippen LogP contribution in [0.15, 0.2) is 0 Å². The van der Waals surface area contributed by atoms with E-state index in [4.69, 9.17) is 34.4 Å². The third kappa shape index (κ3) is 37.5. The van der Waals surface area contributed by atoms with Gasteiger partial charge in [0.15, 0.2) is 0 Å². The first kappa shape index (κ1) is 45.6. The first-order valence-electron chi connectivity index (χ1n) is 10.3. The van der Waals surface area contributed by atoms with Crippen molar-refractivity contribution in [3.63, 3.8) is 0 Å². The largest absolute Gasteiger partial charge is 1.00 e. The van der Waals surface area contributed by atoms with Gasteiger partial charge in [-0.25, -0.2) is 0 Å². The molecule has 0 saturated heterocycles. The van der Waals surface area contributed by atoms with Gasteiger partial charge in [0, 0.05) is 5.92 Å². The van der Waals surface area contributed by atoms with E-state index in [2.05, 4.69) is 32.8 Å². The molecule has 190 valence electrons. The summed E-state index contributed by atoms with van der Waals surface area (Å²) >= 11 is 2.94. The van der Waals surface area contributed by atoms with E-state index in [1.54, 1.807) is 13.8 Å². The van der Waals surface area contributed by atoms with Gasteiger partial charge in [0.2, 0.25) is 0 Å². The molecule has 0 aromatic carbocycles. The monoisotopic (exact) mass is 558 g/mol. The maximum atomic E-state index is 11.2. The SMILES string of the molecule is CCC(C#N)CC.CCOC(=O)CBr.CCOC(=O)CC(C#N)(CC)CC.O=C=O.O=C=O.[H-].[Na+]. The van der Waals surface area contributed by atoms with Crippen molar-refractivity contribution in [1.82, 2.24) is 0 Å². The van der Waals surface area contributed by atoms with Crippen LogP contribution in [0.3, 0.4) is 0 Å². The van der Waals surface area contributed by atoms with Crippen LogP contribution in [0.5, 0.6) is 0 Å². The Morgan fingerprint density at radius 2 is 1.21 bits per heavy atom. The number of nitrogens with zero attached hydrogens (tertiary/aromatic N) is 2. The molecular formula is C22H36BrN2NaO8. The molecule has 0 aliphatic heterocycles. The molecule has 0 rings (SSSR count). The Labute approximate surface area is 234 Å². The molecule has 0 aliphatic rings. The molecule has 0 amide bonds. The van der Waals surface area contributed by atoms with Crippen molar-refractivity contribution in [3.8, 4) is 12.1 Å². The number of halogens is 1. The average Bonchev–Trinajstić information content (AvgIpc) is 2.81. The minimum atomic E-state index is -0.522. The third-order valence-electron chi connectivity index (χ3n) is 3.96. The van der Waals surface area contributed by atoms with Crippen LogP contribution in [-0.4, -0.2) is 42.8 Å². The number of carbonyl (C=O) groups excluding carboxylic acids is 6. The van der Waals surface area contributed by atoms with Gasteiger partial charge in [0.05, 0.1) is 37.2 Å². The van der Waals surface area contributed by atoms with E-state index in [0.29, 0.717) is 37.3 Å². The number of nitriles is 2. The van der Waals surface area contributed by atoms with Crippen molar-refractivity contribution in [2.75, 3.05) is 18.5 Å². The molecule has 34 heavy (non-hydrogen) atoms. The molecule has 0 N–H and O–H groups in total. The zero-order chi connectivity index (χ0) is 27.1. The third-order valence-corrected chi connectivity index (χ3v) is 4.42. The van der Waals surface area contributed by atoms with E-state index in [-0.39, 0.29) is 61.6 Å². The molecule has 12 heteroatoms. The summed E-state index contributed by atoms with van der Waals surface area (Å²) in [6, 6.07) is 4.40. The molecule has 0 unspecified atom stereocenters. The molecule has 0 spiro atoms. The zero-order valence-electron chi connectivity index (χ0n) is 22.3. The van der Waals surface area contributed by atoms with Crippen LogP contribution < -0.4 is 29.6 Å². The van der Waals surface area contributed by atoms with E-state index < -0.39 is 5.41 Å². The van der Waals surface area contributed by atoms with E-state index in [0.717, 1.165) is 12.8 Å². The van der Waals surface area contributed by atoms with Gasteiger partial charge in [-0.05, 0) is 39.5 Å². The fourth-order valence-electron chi connectivity index (χ4n) is 1.86. The number of hydrogen-bond donors (Lipinski definition) is 0. The standard InChI is InChI=1S/C10H17NO2.C6H11N.C4H7BrO2.2CO2.Na.H/c1-4-10(5-2,8-11)7-9(12)13-6-3;1-3-6(4-2)5-7;1-2-7-4(6)3-5;2*2-1-3;;/h4-7H2,1-3H3;6H,3-4H2,1-2H3;2-3H2,1H3;;;;/q;;;;;+1;-1. The van der Waals surface area contributed by atoms with Crippen molar-refractivity contribution in [2.24, 2.45) is 11.3 Å². The van der Waals surface area contributed by atoms with Crippen LogP contribution in [0.25, 0.3) is 0 Å². The molecule has 0 saturated carbocycles. The Bertz CT molecular complexity index is 622. The van der Waals surface area contributed by atoms with E-state index in [1.807, 2.05) is 27.7 Å². The maximum absolute atomic E-state index is 11.2. The molecule has 0 fully saturated rings. The second-order valence-electron chi connectivity index (χ2n) is 5.83. The van der Waals surface area contributed by atoms with E-state index >= 15 is 0 Å². The van der Waals surface area contributed by atoms with Gasteiger partial charge >= 0.3 is 53.8 Å². The van der Waals surface area contributed by atoms with Crippen molar-refractivity contribution < 1.29 is 69.2 Å². The Balaban J connectivity index is -0.0000000615. The predicted octanol–water partition coefficient (Wildman–Crippen LogP) is 1.11. The Morgan fingerprint density at radius 3 is 1.35 bits per heavy atom. The Morgan fingerprint density at radius 1 is 0.853 bits per heavy atom. The number of ether oxygens (including phenoxy) is 2. The first-order chi connectivity index (χ1) is 15.6. The molecule has 0 aliphatic carbocycles. The number of hydrogen-bond acceptors (Lipinski definition) is 10. The zero-order valence-corrected chi connectivity index (χ0v) is 24.9. The fourth-order valence-corrected chi connectivity index (χ4v) is 2.02. The summed E-state index contributed by atoms with van der Waals surface area (Å²) in [5.74, 6) is -0.185. The minimum Gasteiger partial charge on any atom is -1.00 e. The van der Waals surface area contributed by atoms with Gasteiger partial charge in [0.25, 0.3) is 0 Å². The normalized spacial score (nSPS) is 8.06. The summed E-state index contributed by atoms with van der Waals surface area (Å²) in [6.07, 6.45) is 4.09. The molecule has 0 heterocycles. The van der Waals surface area contributed by atoms with E-state index in [1.165, 1.54) is 0 Å². The quantitative estimate of drug-likeness (QED) is 0.227. The van der Waals surface area contributed by atoms with Gasteiger partial charge in [-0.1, -0.05) is 43.6 Å². The molecular weight excluding hydrogens is 523 g/mol. The Hall–Kier alpha value is -1.84. The maximum Gasteiger partial charge on any atom is 1.00 e. The molecule has 0 atom stereocenters. The summed E-state index contributed by atoms with van der Waals surface area (Å²) < 4.78 is 9.32. The number of alkyl halides is 1. The summed E-state index contributed by atoms with van der Waals surface area (Å²) in [6.45, 7) is 12.3. The topological polar surface area (TPSA) is 168 Å². The van der Waals surface area contributed by atoms with Gasteiger partial charge in [0.1, 0.15) is 5.33 Å². The van der Waals surface area contributed by atoms with Crippen LogP contribution in [0.4, 0.5) is 0 Å². The van der Waals surface area contributed by atoms with Crippen molar-refractivity contribution in [1.29, 1.82) is 10.5 Å². The van der Waals surface area contributed by atoms with Crippen LogP contribution in [-0.2, 0) is 38.2 Å². The molecule has 0 aromatic rings. The summed E-state index contributed by atoms with van der Waals surface area (Å²) in [4.78, 5) is 53.8. The number of esters is 2. The van der Waals surface area contributed by atoms with Crippen molar-refractivity contribution in [2.45, 2.75) is 73.6 Å². The van der Waals surface area contributed by atoms with Gasteiger partial charge in [-0.2, -0.15) is 29.7 Å². The fraction of sp³-hybridized carbons (Fsp3) is 0.727.